The zero-order chi connectivity index (χ0) is 12.7. The van der Waals surface area contributed by atoms with Gasteiger partial charge in [0, 0.05) is 5.56 Å². The summed E-state index contributed by atoms with van der Waals surface area (Å²) in [7, 11) is 0. The molecule has 0 unspecified atom stereocenters. The van der Waals surface area contributed by atoms with E-state index in [4.69, 9.17) is 0 Å². The molecule has 1 rings (SSSR count). The molecule has 3 nitrogen and oxygen atoms in total. The second-order valence-electron chi connectivity index (χ2n) is 3.99. The van der Waals surface area contributed by atoms with Crippen molar-refractivity contribution < 1.29 is 9.18 Å². The Morgan fingerprint density at radius 1 is 1.41 bits per heavy atom. The molecule has 1 amide bonds. The van der Waals surface area contributed by atoms with Crippen molar-refractivity contribution in [1.82, 2.24) is 10.6 Å². The SMILES string of the molecule is CCCNCC(=O)N[C@H](C)c1ccccc1F. The minimum absolute atomic E-state index is 0.116. The predicted octanol–water partition coefficient (Wildman–Crippen LogP) is 2.00. The first kappa shape index (κ1) is 13.6. The van der Waals surface area contributed by atoms with Crippen molar-refractivity contribution in [3.63, 3.8) is 0 Å². The van der Waals surface area contributed by atoms with Gasteiger partial charge in [0.15, 0.2) is 0 Å². The first-order valence-corrected chi connectivity index (χ1v) is 5.89. The van der Waals surface area contributed by atoms with E-state index >= 15 is 0 Å². The molecule has 1 atom stereocenters. The van der Waals surface area contributed by atoms with Crippen LogP contribution in [0.3, 0.4) is 0 Å². The summed E-state index contributed by atoms with van der Waals surface area (Å²) in [4.78, 5) is 11.5. The molecule has 0 aliphatic carbocycles. The zero-order valence-corrected chi connectivity index (χ0v) is 10.3. The highest BCUT2D eigenvalue weighted by Gasteiger charge is 2.12. The first-order chi connectivity index (χ1) is 8.15. The van der Waals surface area contributed by atoms with Crippen LogP contribution < -0.4 is 10.6 Å². The number of carbonyl (C=O) groups excluding carboxylic acids is 1. The maximum Gasteiger partial charge on any atom is 0.234 e. The van der Waals surface area contributed by atoms with Gasteiger partial charge >= 0.3 is 0 Å². The summed E-state index contributed by atoms with van der Waals surface area (Å²) in [5, 5.41) is 5.75. The van der Waals surface area contributed by atoms with Crippen molar-refractivity contribution in [2.24, 2.45) is 0 Å². The van der Waals surface area contributed by atoms with Gasteiger partial charge in [-0.1, -0.05) is 25.1 Å². The molecular weight excluding hydrogens is 219 g/mol. The van der Waals surface area contributed by atoms with Crippen LogP contribution in [0.2, 0.25) is 0 Å². The van der Waals surface area contributed by atoms with Crippen LogP contribution in [-0.2, 0) is 4.79 Å². The number of hydrogen-bond acceptors (Lipinski definition) is 2. The van der Waals surface area contributed by atoms with Gasteiger partial charge in [0.2, 0.25) is 5.91 Å². The fourth-order valence-corrected chi connectivity index (χ4v) is 1.58. The summed E-state index contributed by atoms with van der Waals surface area (Å²) in [6, 6.07) is 6.16. The van der Waals surface area contributed by atoms with Crippen LogP contribution in [0.4, 0.5) is 4.39 Å². The van der Waals surface area contributed by atoms with E-state index in [1.54, 1.807) is 25.1 Å². The van der Waals surface area contributed by atoms with E-state index in [0.29, 0.717) is 5.56 Å². The number of rotatable bonds is 6. The maximum atomic E-state index is 13.4. The van der Waals surface area contributed by atoms with Gasteiger partial charge in [-0.15, -0.1) is 0 Å². The number of hydrogen-bond donors (Lipinski definition) is 2. The van der Waals surface area contributed by atoms with Crippen molar-refractivity contribution in [3.05, 3.63) is 35.6 Å². The third-order valence-corrected chi connectivity index (χ3v) is 2.46. The minimum Gasteiger partial charge on any atom is -0.348 e. The normalized spacial score (nSPS) is 12.2. The Bertz CT molecular complexity index is 368. The largest absolute Gasteiger partial charge is 0.348 e. The Morgan fingerprint density at radius 3 is 2.76 bits per heavy atom. The highest BCUT2D eigenvalue weighted by molar-refractivity contribution is 5.78. The summed E-state index contributed by atoms with van der Waals surface area (Å²) in [5.41, 5.74) is 0.511. The highest BCUT2D eigenvalue weighted by Crippen LogP contribution is 2.15. The van der Waals surface area contributed by atoms with Crippen LogP contribution in [0.25, 0.3) is 0 Å². The molecule has 2 N–H and O–H groups in total. The molecule has 0 saturated heterocycles. The van der Waals surface area contributed by atoms with Gasteiger partial charge in [0.25, 0.3) is 0 Å². The summed E-state index contributed by atoms with van der Waals surface area (Å²) in [6.45, 7) is 4.89. The van der Waals surface area contributed by atoms with Crippen molar-refractivity contribution in [1.29, 1.82) is 0 Å². The van der Waals surface area contributed by atoms with E-state index in [-0.39, 0.29) is 24.3 Å². The summed E-state index contributed by atoms with van der Waals surface area (Å²) in [5.74, 6) is -0.406. The van der Waals surface area contributed by atoms with Crippen LogP contribution in [0.5, 0.6) is 0 Å². The lowest BCUT2D eigenvalue weighted by molar-refractivity contribution is -0.120. The fourth-order valence-electron chi connectivity index (χ4n) is 1.58. The molecular formula is C13H19FN2O. The second-order valence-corrected chi connectivity index (χ2v) is 3.99. The van der Waals surface area contributed by atoms with E-state index in [2.05, 4.69) is 10.6 Å². The quantitative estimate of drug-likeness (QED) is 0.744. The van der Waals surface area contributed by atoms with Gasteiger partial charge in [-0.2, -0.15) is 0 Å². The second kappa shape index (κ2) is 7.01. The van der Waals surface area contributed by atoms with Crippen LogP contribution in [0, 0.1) is 5.82 Å². The molecule has 0 saturated carbocycles. The minimum atomic E-state index is -0.313. The van der Waals surface area contributed by atoms with Crippen molar-refractivity contribution in [2.45, 2.75) is 26.3 Å². The average Bonchev–Trinajstić information content (AvgIpc) is 2.29. The highest BCUT2D eigenvalue weighted by atomic mass is 19.1. The molecule has 0 radical (unpaired) electrons. The monoisotopic (exact) mass is 238 g/mol. The molecule has 1 aromatic carbocycles. The van der Waals surface area contributed by atoms with E-state index < -0.39 is 0 Å². The third kappa shape index (κ3) is 4.53. The summed E-state index contributed by atoms with van der Waals surface area (Å²) < 4.78 is 13.4. The van der Waals surface area contributed by atoms with E-state index in [9.17, 15) is 9.18 Å². The van der Waals surface area contributed by atoms with Gasteiger partial charge in [0.1, 0.15) is 5.82 Å². The van der Waals surface area contributed by atoms with Gasteiger partial charge < -0.3 is 10.6 Å². The molecule has 94 valence electrons. The van der Waals surface area contributed by atoms with Gasteiger partial charge in [-0.3, -0.25) is 4.79 Å². The van der Waals surface area contributed by atoms with Crippen LogP contribution in [0.15, 0.2) is 24.3 Å². The molecule has 0 aliphatic rings. The van der Waals surface area contributed by atoms with Crippen LogP contribution in [-0.4, -0.2) is 19.0 Å². The first-order valence-electron chi connectivity index (χ1n) is 5.89. The zero-order valence-electron chi connectivity index (χ0n) is 10.3. The smallest absolute Gasteiger partial charge is 0.234 e. The van der Waals surface area contributed by atoms with Crippen LogP contribution >= 0.6 is 0 Å². The molecule has 1 aromatic rings. The predicted molar refractivity (Wildman–Crippen MR) is 66.1 cm³/mol. The van der Waals surface area contributed by atoms with Crippen LogP contribution in [0.1, 0.15) is 31.9 Å². The van der Waals surface area contributed by atoms with Gasteiger partial charge in [-0.25, -0.2) is 4.39 Å². The number of carbonyl (C=O) groups is 1. The van der Waals surface area contributed by atoms with Crippen molar-refractivity contribution >= 4 is 5.91 Å². The lowest BCUT2D eigenvalue weighted by Gasteiger charge is -2.15. The van der Waals surface area contributed by atoms with E-state index in [1.807, 2.05) is 6.92 Å². The molecule has 0 spiro atoms. The molecule has 0 bridgehead atoms. The van der Waals surface area contributed by atoms with E-state index in [1.165, 1.54) is 6.07 Å². The van der Waals surface area contributed by atoms with Gasteiger partial charge in [-0.05, 0) is 26.0 Å². The Kier molecular flexibility index (Phi) is 5.63. The molecule has 0 fully saturated rings. The van der Waals surface area contributed by atoms with Gasteiger partial charge in [0.05, 0.1) is 12.6 Å². The van der Waals surface area contributed by atoms with Crippen molar-refractivity contribution in [2.75, 3.05) is 13.1 Å². The Labute approximate surface area is 101 Å². The Balaban J connectivity index is 2.46. The Hall–Kier alpha value is -1.42. The lowest BCUT2D eigenvalue weighted by Crippen LogP contribution is -2.35. The number of amides is 1. The van der Waals surface area contributed by atoms with Crippen molar-refractivity contribution in [3.8, 4) is 0 Å². The maximum absolute atomic E-state index is 13.4. The standard InChI is InChI=1S/C13H19FN2O/c1-3-8-15-9-13(17)16-10(2)11-6-4-5-7-12(11)14/h4-7,10,15H,3,8-9H2,1-2H3,(H,16,17)/t10-/m1/s1. The summed E-state index contributed by atoms with van der Waals surface area (Å²) >= 11 is 0. The molecule has 0 heterocycles. The number of halogens is 1. The molecule has 17 heavy (non-hydrogen) atoms. The third-order valence-electron chi connectivity index (χ3n) is 2.46. The fraction of sp³-hybridized carbons (Fsp3) is 0.462. The molecule has 0 aromatic heterocycles. The lowest BCUT2D eigenvalue weighted by atomic mass is 10.1. The summed E-state index contributed by atoms with van der Waals surface area (Å²) in [6.07, 6.45) is 0.982. The Morgan fingerprint density at radius 2 is 2.12 bits per heavy atom. The number of benzene rings is 1. The molecule has 0 aliphatic heterocycles. The van der Waals surface area contributed by atoms with E-state index in [0.717, 1.165) is 13.0 Å². The average molecular weight is 238 g/mol. The molecule has 4 heteroatoms. The topological polar surface area (TPSA) is 41.1 Å². The number of nitrogens with one attached hydrogen (secondary N) is 2.